The van der Waals surface area contributed by atoms with Gasteiger partial charge in [0.2, 0.25) is 0 Å². The second-order valence-electron chi connectivity index (χ2n) is 6.05. The Labute approximate surface area is 150 Å². The predicted molar refractivity (Wildman–Crippen MR) is 102 cm³/mol. The lowest BCUT2D eigenvalue weighted by molar-refractivity contribution is 0.415. The van der Waals surface area contributed by atoms with Gasteiger partial charge in [0, 0.05) is 35.6 Å². The molecule has 0 amide bonds. The number of fused-ring (bicyclic) bond motifs is 1. The average Bonchev–Trinajstić information content (AvgIpc) is 3.00. The first-order valence-corrected chi connectivity index (χ1v) is 8.27. The molecule has 2 aromatic carbocycles. The minimum absolute atomic E-state index is 0.285. The van der Waals surface area contributed by atoms with Crippen molar-refractivity contribution in [2.24, 2.45) is 7.05 Å². The van der Waals surface area contributed by atoms with Crippen LogP contribution in [0.3, 0.4) is 0 Å². The van der Waals surface area contributed by atoms with Gasteiger partial charge in [-0.25, -0.2) is 9.37 Å². The highest BCUT2D eigenvalue weighted by Crippen LogP contribution is 2.33. The van der Waals surface area contributed by atoms with Crippen LogP contribution in [0, 0.1) is 5.82 Å². The molecule has 0 aliphatic rings. The summed E-state index contributed by atoms with van der Waals surface area (Å²) >= 11 is 0. The molecule has 0 aliphatic heterocycles. The summed E-state index contributed by atoms with van der Waals surface area (Å²) in [5, 5.41) is 4.18. The van der Waals surface area contributed by atoms with Gasteiger partial charge in [0.15, 0.2) is 0 Å². The van der Waals surface area contributed by atoms with Gasteiger partial charge in [0.1, 0.15) is 17.4 Å². The highest BCUT2D eigenvalue weighted by molar-refractivity contribution is 5.96. The molecular formula is C21H18FN3O. The number of rotatable bonds is 4. The van der Waals surface area contributed by atoms with Gasteiger partial charge >= 0.3 is 0 Å². The van der Waals surface area contributed by atoms with Gasteiger partial charge in [-0.3, -0.25) is 0 Å². The number of aryl methyl sites for hydroxylation is 1. The van der Waals surface area contributed by atoms with E-state index in [9.17, 15) is 4.39 Å². The summed E-state index contributed by atoms with van der Waals surface area (Å²) in [6.45, 7) is 0. The van der Waals surface area contributed by atoms with Crippen molar-refractivity contribution in [1.82, 2.24) is 9.55 Å². The van der Waals surface area contributed by atoms with Gasteiger partial charge in [0.05, 0.1) is 12.6 Å². The van der Waals surface area contributed by atoms with Crippen LogP contribution in [0.1, 0.15) is 0 Å². The fourth-order valence-corrected chi connectivity index (χ4v) is 3.12. The maximum Gasteiger partial charge on any atom is 0.139 e. The first-order chi connectivity index (χ1) is 12.7. The molecule has 4 aromatic rings. The molecule has 0 atom stereocenters. The first kappa shape index (κ1) is 16.1. The summed E-state index contributed by atoms with van der Waals surface area (Å²) in [6, 6.07) is 18.3. The molecule has 130 valence electrons. The second-order valence-corrected chi connectivity index (χ2v) is 6.05. The third kappa shape index (κ3) is 2.88. The standard InChI is InChI=1S/C21H18FN3O/c1-25-19-9-10-23-21(24-16-7-4-6-15(22)12-16)18(19)13-20(25)14-5-3-8-17(11-14)26-2/h3-13H,1-2H3,(H,23,24). The number of halogens is 1. The van der Waals surface area contributed by atoms with Crippen LogP contribution >= 0.6 is 0 Å². The predicted octanol–water partition coefficient (Wildman–Crippen LogP) is 5.13. The maximum absolute atomic E-state index is 13.5. The third-order valence-corrected chi connectivity index (χ3v) is 4.42. The van der Waals surface area contributed by atoms with Crippen LogP contribution in [0.2, 0.25) is 0 Å². The van der Waals surface area contributed by atoms with Gasteiger partial charge in [-0.2, -0.15) is 0 Å². The highest BCUT2D eigenvalue weighted by atomic mass is 19.1. The quantitative estimate of drug-likeness (QED) is 0.556. The Morgan fingerprint density at radius 2 is 1.88 bits per heavy atom. The summed E-state index contributed by atoms with van der Waals surface area (Å²) in [6.07, 6.45) is 1.75. The minimum atomic E-state index is -0.285. The molecule has 0 saturated heterocycles. The van der Waals surface area contributed by atoms with E-state index in [-0.39, 0.29) is 5.82 Å². The second kappa shape index (κ2) is 6.52. The smallest absolute Gasteiger partial charge is 0.139 e. The van der Waals surface area contributed by atoms with E-state index in [0.29, 0.717) is 11.5 Å². The molecule has 5 heteroatoms. The molecular weight excluding hydrogens is 329 g/mol. The van der Waals surface area contributed by atoms with Crippen LogP contribution < -0.4 is 10.1 Å². The Kier molecular flexibility index (Phi) is 4.05. The van der Waals surface area contributed by atoms with Gasteiger partial charge < -0.3 is 14.6 Å². The Bertz CT molecular complexity index is 1090. The molecule has 4 rings (SSSR count). The molecule has 0 bridgehead atoms. The topological polar surface area (TPSA) is 39.1 Å². The zero-order chi connectivity index (χ0) is 18.1. The van der Waals surface area contributed by atoms with Crippen LogP contribution in [-0.2, 0) is 7.05 Å². The van der Waals surface area contributed by atoms with E-state index in [2.05, 4.69) is 20.9 Å². The zero-order valence-corrected chi connectivity index (χ0v) is 14.5. The molecule has 0 unspecified atom stereocenters. The molecule has 26 heavy (non-hydrogen) atoms. The van der Waals surface area contributed by atoms with E-state index in [0.717, 1.165) is 27.9 Å². The molecule has 2 heterocycles. The number of anilines is 2. The van der Waals surface area contributed by atoms with Crippen LogP contribution in [-0.4, -0.2) is 16.7 Å². The van der Waals surface area contributed by atoms with E-state index >= 15 is 0 Å². The number of benzene rings is 2. The number of nitrogens with zero attached hydrogens (tertiary/aromatic N) is 2. The molecule has 2 aromatic heterocycles. The number of pyridine rings is 1. The monoisotopic (exact) mass is 347 g/mol. The summed E-state index contributed by atoms with van der Waals surface area (Å²) in [5.74, 6) is 1.22. The van der Waals surface area contributed by atoms with Crippen molar-refractivity contribution in [3.05, 3.63) is 72.7 Å². The van der Waals surface area contributed by atoms with E-state index in [1.807, 2.05) is 43.4 Å². The Balaban J connectivity index is 1.82. The van der Waals surface area contributed by atoms with Crippen molar-refractivity contribution >= 4 is 22.4 Å². The van der Waals surface area contributed by atoms with E-state index < -0.39 is 0 Å². The minimum Gasteiger partial charge on any atom is -0.497 e. The maximum atomic E-state index is 13.5. The van der Waals surface area contributed by atoms with Crippen molar-refractivity contribution in [1.29, 1.82) is 0 Å². The van der Waals surface area contributed by atoms with E-state index in [4.69, 9.17) is 4.74 Å². The number of methoxy groups -OCH3 is 1. The van der Waals surface area contributed by atoms with Crippen molar-refractivity contribution in [3.63, 3.8) is 0 Å². The van der Waals surface area contributed by atoms with Crippen molar-refractivity contribution in [3.8, 4) is 17.0 Å². The van der Waals surface area contributed by atoms with Crippen LogP contribution in [0.25, 0.3) is 22.2 Å². The largest absolute Gasteiger partial charge is 0.497 e. The van der Waals surface area contributed by atoms with Crippen LogP contribution in [0.4, 0.5) is 15.9 Å². The Morgan fingerprint density at radius 3 is 2.69 bits per heavy atom. The van der Waals surface area contributed by atoms with Crippen molar-refractivity contribution in [2.75, 3.05) is 12.4 Å². The molecule has 0 radical (unpaired) electrons. The molecule has 0 spiro atoms. The third-order valence-electron chi connectivity index (χ3n) is 4.42. The highest BCUT2D eigenvalue weighted by Gasteiger charge is 2.12. The van der Waals surface area contributed by atoms with Crippen molar-refractivity contribution in [2.45, 2.75) is 0 Å². The summed E-state index contributed by atoms with van der Waals surface area (Å²) in [7, 11) is 3.68. The zero-order valence-electron chi connectivity index (χ0n) is 14.5. The molecule has 4 nitrogen and oxygen atoms in total. The van der Waals surface area contributed by atoms with E-state index in [1.54, 1.807) is 19.4 Å². The number of hydrogen-bond donors (Lipinski definition) is 1. The molecule has 0 fully saturated rings. The lowest BCUT2D eigenvalue weighted by Crippen LogP contribution is -1.95. The molecule has 0 aliphatic carbocycles. The first-order valence-electron chi connectivity index (χ1n) is 8.27. The molecule has 0 saturated carbocycles. The lowest BCUT2D eigenvalue weighted by atomic mass is 10.1. The summed E-state index contributed by atoms with van der Waals surface area (Å²) < 4.78 is 20.9. The normalized spacial score (nSPS) is 10.9. The lowest BCUT2D eigenvalue weighted by Gasteiger charge is -2.07. The van der Waals surface area contributed by atoms with Crippen LogP contribution in [0.5, 0.6) is 5.75 Å². The number of hydrogen-bond acceptors (Lipinski definition) is 3. The van der Waals surface area contributed by atoms with Gasteiger partial charge in [-0.1, -0.05) is 18.2 Å². The SMILES string of the molecule is COc1cccc(-c2cc3c(Nc4cccc(F)c4)nccc3n2C)c1. The van der Waals surface area contributed by atoms with Gasteiger partial charge in [0.25, 0.3) is 0 Å². The fraction of sp³-hybridized carbons (Fsp3) is 0.0952. The van der Waals surface area contributed by atoms with E-state index in [1.165, 1.54) is 12.1 Å². The number of nitrogens with one attached hydrogen (secondary N) is 1. The fourth-order valence-electron chi connectivity index (χ4n) is 3.12. The molecule has 1 N–H and O–H groups in total. The number of ether oxygens (including phenoxy) is 1. The summed E-state index contributed by atoms with van der Waals surface area (Å²) in [5.41, 5.74) is 3.81. The van der Waals surface area contributed by atoms with Gasteiger partial charge in [-0.05, 0) is 42.5 Å². The Morgan fingerprint density at radius 1 is 1.04 bits per heavy atom. The summed E-state index contributed by atoms with van der Waals surface area (Å²) in [4.78, 5) is 4.44. The van der Waals surface area contributed by atoms with Crippen LogP contribution in [0.15, 0.2) is 66.9 Å². The van der Waals surface area contributed by atoms with Gasteiger partial charge in [-0.15, -0.1) is 0 Å². The average molecular weight is 347 g/mol. The van der Waals surface area contributed by atoms with Crippen molar-refractivity contribution < 1.29 is 9.13 Å². The number of aromatic nitrogens is 2. The Hall–Kier alpha value is -3.34.